The van der Waals surface area contributed by atoms with Gasteiger partial charge in [0.05, 0.1) is 12.2 Å². The van der Waals surface area contributed by atoms with Crippen LogP contribution >= 0.6 is 0 Å². The second-order valence-electron chi connectivity index (χ2n) is 4.70. The summed E-state index contributed by atoms with van der Waals surface area (Å²) in [5.74, 6) is -0.143. The minimum Gasteiger partial charge on any atom is -0.478 e. The highest BCUT2D eigenvalue weighted by atomic mass is 16.5. The fourth-order valence-electron chi connectivity index (χ4n) is 2.14. The van der Waals surface area contributed by atoms with Gasteiger partial charge in [-0.25, -0.2) is 4.79 Å². The molecule has 4 nitrogen and oxygen atoms in total. The molecule has 0 aromatic heterocycles. The number of carboxylic acids is 1. The third-order valence-electron chi connectivity index (χ3n) is 3.30. The van der Waals surface area contributed by atoms with Crippen LogP contribution < -0.4 is 5.32 Å². The van der Waals surface area contributed by atoms with E-state index in [1.165, 1.54) is 6.42 Å². The van der Waals surface area contributed by atoms with E-state index >= 15 is 0 Å². The number of aromatic carboxylic acids is 1. The molecule has 1 aliphatic heterocycles. The van der Waals surface area contributed by atoms with Gasteiger partial charge in [-0.15, -0.1) is 0 Å². The molecule has 1 aromatic carbocycles. The summed E-state index contributed by atoms with van der Waals surface area (Å²) in [4.78, 5) is 10.7. The van der Waals surface area contributed by atoms with Crippen molar-refractivity contribution >= 4 is 5.97 Å². The van der Waals surface area contributed by atoms with Crippen LogP contribution in [0.15, 0.2) is 24.3 Å². The van der Waals surface area contributed by atoms with Crippen molar-refractivity contribution in [2.24, 2.45) is 5.92 Å². The Bertz CT molecular complexity index is 383. The number of ether oxygens (including phenoxy) is 1. The highest BCUT2D eigenvalue weighted by Crippen LogP contribution is 2.12. The number of hydrogen-bond acceptors (Lipinski definition) is 3. The van der Waals surface area contributed by atoms with Gasteiger partial charge in [0.25, 0.3) is 0 Å². The molecule has 1 atom stereocenters. The molecule has 0 spiro atoms. The van der Waals surface area contributed by atoms with Crippen molar-refractivity contribution < 1.29 is 14.6 Å². The number of rotatable bonds is 6. The molecule has 1 aromatic rings. The molecule has 0 aliphatic carbocycles. The first-order valence-corrected chi connectivity index (χ1v) is 6.36. The van der Waals surface area contributed by atoms with E-state index in [4.69, 9.17) is 9.84 Å². The molecule has 2 N–H and O–H groups in total. The Morgan fingerprint density at radius 1 is 1.39 bits per heavy atom. The highest BCUT2D eigenvalue weighted by Gasteiger charge is 2.13. The largest absolute Gasteiger partial charge is 0.478 e. The van der Waals surface area contributed by atoms with E-state index in [1.54, 1.807) is 24.3 Å². The third-order valence-corrected chi connectivity index (χ3v) is 3.30. The smallest absolute Gasteiger partial charge is 0.335 e. The predicted octanol–water partition coefficient (Wildman–Crippen LogP) is 1.90. The maximum atomic E-state index is 10.7. The van der Waals surface area contributed by atoms with Crippen molar-refractivity contribution in [3.63, 3.8) is 0 Å². The summed E-state index contributed by atoms with van der Waals surface area (Å²) in [6.45, 7) is 3.56. The van der Waals surface area contributed by atoms with Gasteiger partial charge in [0.2, 0.25) is 0 Å². The molecule has 1 fully saturated rings. The van der Waals surface area contributed by atoms with Gasteiger partial charge in [-0.1, -0.05) is 12.1 Å². The molecule has 1 aliphatic rings. The van der Waals surface area contributed by atoms with Gasteiger partial charge in [0, 0.05) is 6.61 Å². The Morgan fingerprint density at radius 2 is 2.17 bits per heavy atom. The van der Waals surface area contributed by atoms with E-state index in [9.17, 15) is 4.79 Å². The molecule has 0 radical (unpaired) electrons. The first kappa shape index (κ1) is 13.1. The molecule has 2 rings (SSSR count). The zero-order valence-electron chi connectivity index (χ0n) is 10.4. The molecule has 4 heteroatoms. The van der Waals surface area contributed by atoms with Crippen LogP contribution in [0.1, 0.15) is 28.8 Å². The van der Waals surface area contributed by atoms with Crippen molar-refractivity contribution in [2.75, 3.05) is 19.7 Å². The summed E-state index contributed by atoms with van der Waals surface area (Å²) in [5, 5.41) is 12.1. The van der Waals surface area contributed by atoms with Crippen LogP contribution in [0.3, 0.4) is 0 Å². The highest BCUT2D eigenvalue weighted by molar-refractivity contribution is 5.87. The van der Waals surface area contributed by atoms with Crippen molar-refractivity contribution in [3.05, 3.63) is 35.4 Å². The zero-order chi connectivity index (χ0) is 12.8. The van der Waals surface area contributed by atoms with Gasteiger partial charge in [0.1, 0.15) is 0 Å². The summed E-state index contributed by atoms with van der Waals surface area (Å²) < 4.78 is 5.61. The van der Waals surface area contributed by atoms with Crippen molar-refractivity contribution in [3.8, 4) is 0 Å². The Morgan fingerprint density at radius 3 is 2.78 bits per heavy atom. The monoisotopic (exact) mass is 249 g/mol. The number of nitrogens with one attached hydrogen (secondary N) is 1. The Labute approximate surface area is 107 Å². The molecule has 18 heavy (non-hydrogen) atoms. The second-order valence-corrected chi connectivity index (χ2v) is 4.70. The van der Waals surface area contributed by atoms with Crippen LogP contribution in [0.2, 0.25) is 0 Å². The van der Waals surface area contributed by atoms with Crippen LogP contribution in [-0.4, -0.2) is 30.8 Å². The molecular formula is C14H19NO3. The van der Waals surface area contributed by atoms with Crippen LogP contribution in [0.5, 0.6) is 0 Å². The molecule has 0 saturated carbocycles. The van der Waals surface area contributed by atoms with E-state index < -0.39 is 5.97 Å². The molecule has 1 saturated heterocycles. The second kappa shape index (κ2) is 6.52. The minimum atomic E-state index is -0.892. The average molecular weight is 249 g/mol. The average Bonchev–Trinajstić information content (AvgIpc) is 2.88. The fraction of sp³-hybridized carbons (Fsp3) is 0.500. The fourth-order valence-corrected chi connectivity index (χ4v) is 2.14. The van der Waals surface area contributed by atoms with Crippen molar-refractivity contribution in [1.29, 1.82) is 0 Å². The van der Waals surface area contributed by atoms with Gasteiger partial charge < -0.3 is 15.2 Å². The van der Waals surface area contributed by atoms with Gasteiger partial charge in [-0.3, -0.25) is 0 Å². The Hall–Kier alpha value is -1.39. The van der Waals surface area contributed by atoms with Crippen LogP contribution in [-0.2, 0) is 11.3 Å². The molecular weight excluding hydrogens is 230 g/mol. The van der Waals surface area contributed by atoms with E-state index in [0.29, 0.717) is 12.2 Å². The third kappa shape index (κ3) is 3.82. The lowest BCUT2D eigenvalue weighted by atomic mass is 10.1. The lowest BCUT2D eigenvalue weighted by molar-refractivity contribution is 0.0696. The lowest BCUT2D eigenvalue weighted by Crippen LogP contribution is -2.10. The number of carbonyl (C=O) groups is 1. The van der Waals surface area contributed by atoms with Crippen LogP contribution in [0.25, 0.3) is 0 Å². The van der Waals surface area contributed by atoms with Gasteiger partial charge in [-0.05, 0) is 49.5 Å². The van der Waals surface area contributed by atoms with E-state index in [1.807, 2.05) is 0 Å². The van der Waals surface area contributed by atoms with E-state index in [2.05, 4.69) is 5.32 Å². The number of carboxylic acid groups (broad SMARTS) is 1. The maximum absolute atomic E-state index is 10.7. The van der Waals surface area contributed by atoms with E-state index in [0.717, 1.165) is 37.6 Å². The normalized spacial score (nSPS) is 19.0. The topological polar surface area (TPSA) is 58.6 Å². The maximum Gasteiger partial charge on any atom is 0.335 e. The summed E-state index contributed by atoms with van der Waals surface area (Å²) in [7, 11) is 0. The molecule has 0 amide bonds. The van der Waals surface area contributed by atoms with Crippen molar-refractivity contribution in [2.45, 2.75) is 19.4 Å². The van der Waals surface area contributed by atoms with Crippen LogP contribution in [0, 0.1) is 5.92 Å². The lowest BCUT2D eigenvalue weighted by Gasteiger charge is -2.08. The standard InChI is InChI=1S/C14H19NO3/c16-14(17)13-3-1-12(2-4-13)10-18-8-6-11-5-7-15-9-11/h1-4,11,15H,5-10H2,(H,16,17). The summed E-state index contributed by atoms with van der Waals surface area (Å²) in [5.41, 5.74) is 1.33. The number of benzene rings is 1. The van der Waals surface area contributed by atoms with E-state index in [-0.39, 0.29) is 0 Å². The minimum absolute atomic E-state index is 0.316. The summed E-state index contributed by atoms with van der Waals surface area (Å²) >= 11 is 0. The van der Waals surface area contributed by atoms with Crippen LogP contribution in [0.4, 0.5) is 0 Å². The quantitative estimate of drug-likeness (QED) is 0.756. The first-order valence-electron chi connectivity index (χ1n) is 6.36. The van der Waals surface area contributed by atoms with Gasteiger partial charge in [-0.2, -0.15) is 0 Å². The van der Waals surface area contributed by atoms with Gasteiger partial charge in [0.15, 0.2) is 0 Å². The molecule has 1 unspecified atom stereocenters. The molecule has 1 heterocycles. The molecule has 98 valence electrons. The summed E-state index contributed by atoms with van der Waals surface area (Å²) in [6, 6.07) is 6.84. The summed E-state index contributed by atoms with van der Waals surface area (Å²) in [6.07, 6.45) is 2.34. The number of hydrogen-bond donors (Lipinski definition) is 2. The first-order chi connectivity index (χ1) is 8.75. The van der Waals surface area contributed by atoms with Crippen molar-refractivity contribution in [1.82, 2.24) is 5.32 Å². The zero-order valence-corrected chi connectivity index (χ0v) is 10.4. The van der Waals surface area contributed by atoms with Gasteiger partial charge >= 0.3 is 5.97 Å². The SMILES string of the molecule is O=C(O)c1ccc(COCCC2CCNC2)cc1. The Balaban J connectivity index is 1.68. The predicted molar refractivity (Wildman–Crippen MR) is 68.7 cm³/mol. The molecule has 0 bridgehead atoms. The Kier molecular flexibility index (Phi) is 4.73.